The zero-order valence-corrected chi connectivity index (χ0v) is 17.5. The average molecular weight is 601 g/mol. The van der Waals surface area contributed by atoms with E-state index in [0.717, 1.165) is 0 Å². The van der Waals surface area contributed by atoms with Crippen LogP contribution in [0.25, 0.3) is 0 Å². The van der Waals surface area contributed by atoms with E-state index in [2.05, 4.69) is 0 Å². The molecule has 224 valence electrons. The first kappa shape index (κ1) is 35.6. The van der Waals surface area contributed by atoms with Crippen LogP contribution in [0, 0.1) is 0 Å². The number of hydrogen-bond donors (Lipinski definition) is 1. The lowest BCUT2D eigenvalue weighted by Gasteiger charge is -2.36. The van der Waals surface area contributed by atoms with Gasteiger partial charge in [-0.1, -0.05) is 0 Å². The number of rotatable bonds is 16. The Morgan fingerprint density at radius 2 is 0.649 bits per heavy atom. The van der Waals surface area contributed by atoms with E-state index in [1.165, 1.54) is 0 Å². The second kappa shape index (κ2) is 11.0. The van der Waals surface area contributed by atoms with Crippen LogP contribution in [0.3, 0.4) is 0 Å². The van der Waals surface area contributed by atoms with Gasteiger partial charge in [0.25, 0.3) is 0 Å². The highest BCUT2D eigenvalue weighted by Gasteiger charge is 2.83. The largest absolute Gasteiger partial charge is 0.384 e. The predicted molar refractivity (Wildman–Crippen MR) is 82.9 cm³/mol. The molecule has 37 heavy (non-hydrogen) atoms. The van der Waals surface area contributed by atoms with E-state index in [0.29, 0.717) is 0 Å². The quantitative estimate of drug-likeness (QED) is 0.141. The van der Waals surface area contributed by atoms with E-state index >= 15 is 0 Å². The first-order valence-electron chi connectivity index (χ1n) is 9.39. The third-order valence-corrected chi connectivity index (χ3v) is 4.78. The maximum absolute atomic E-state index is 13.4. The Morgan fingerprint density at radius 1 is 0.405 bits per heavy atom. The fraction of sp³-hybridized carbons (Fsp3) is 1.00. The van der Waals surface area contributed by atoms with Gasteiger partial charge in [-0.05, 0) is 25.9 Å². The molecule has 0 atom stereocenters. The Morgan fingerprint density at radius 3 is 0.865 bits per heavy atom. The summed E-state index contributed by atoms with van der Waals surface area (Å²) in [7, 11) is 0. The van der Waals surface area contributed by atoms with Gasteiger partial charge in [-0.25, -0.2) is 17.6 Å². The van der Waals surface area contributed by atoms with Gasteiger partial charge >= 0.3 is 60.2 Å². The lowest BCUT2D eigenvalue weighted by atomic mass is 9.95. The van der Waals surface area contributed by atoms with Crippen LogP contribution in [-0.4, -0.2) is 73.3 Å². The normalized spacial score (nSPS) is 15.7. The molecule has 0 aromatic carbocycles. The summed E-state index contributed by atoms with van der Waals surface area (Å²) in [6.07, 6.45) is -18.5. The first-order valence-corrected chi connectivity index (χ1v) is 9.39. The van der Waals surface area contributed by atoms with Crippen LogP contribution in [0.1, 0.15) is 25.7 Å². The van der Waals surface area contributed by atoms with E-state index in [1.807, 2.05) is 0 Å². The van der Waals surface area contributed by atoms with Crippen LogP contribution in [0.15, 0.2) is 0 Å². The summed E-state index contributed by atoms with van der Waals surface area (Å²) in [6.45, 7) is -2.13. The highest BCUT2D eigenvalue weighted by Crippen LogP contribution is 2.56. The van der Waals surface area contributed by atoms with E-state index in [4.69, 9.17) is 0 Å². The molecule has 0 saturated heterocycles. The minimum absolute atomic E-state index is 1.07. The molecule has 0 aliphatic rings. The van der Waals surface area contributed by atoms with Gasteiger partial charge in [-0.3, -0.25) is 0 Å². The minimum atomic E-state index is -7.24. The molecular weight excluding hydrogens is 586 g/mol. The maximum Gasteiger partial charge on any atom is 0.384 e. The summed E-state index contributed by atoms with van der Waals surface area (Å²) in [6, 6.07) is 0. The molecule has 0 amide bonds. The van der Waals surface area contributed by atoms with Crippen molar-refractivity contribution in [3.63, 3.8) is 0 Å². The van der Waals surface area contributed by atoms with E-state index in [-0.39, 0.29) is 0 Å². The number of nitrogens with one attached hydrogen (secondary N) is 1. The van der Waals surface area contributed by atoms with Gasteiger partial charge in [0.05, 0.1) is 0 Å². The van der Waals surface area contributed by atoms with Gasteiger partial charge in [0, 0.05) is 12.8 Å². The van der Waals surface area contributed by atoms with Gasteiger partial charge in [-0.15, -0.1) is 0 Å². The third-order valence-electron chi connectivity index (χ3n) is 4.78. The Hall–Kier alpha value is -1.44. The van der Waals surface area contributed by atoms with Gasteiger partial charge in [0.15, 0.2) is 0 Å². The highest BCUT2D eigenvalue weighted by molar-refractivity contribution is 5.05. The van der Waals surface area contributed by atoms with Crippen molar-refractivity contribution in [3.05, 3.63) is 0 Å². The summed E-state index contributed by atoms with van der Waals surface area (Å²) in [5.74, 6) is -54.4. The molecule has 0 bridgehead atoms. The highest BCUT2D eigenvalue weighted by atomic mass is 19.4. The zero-order valence-electron chi connectivity index (χ0n) is 17.5. The predicted octanol–water partition coefficient (Wildman–Crippen LogP) is 7.75. The zero-order chi connectivity index (χ0) is 30.1. The van der Waals surface area contributed by atoms with Crippen molar-refractivity contribution in [2.75, 3.05) is 13.1 Å². The van der Waals surface area contributed by atoms with Gasteiger partial charge in [-0.2, -0.15) is 70.2 Å². The first-order chi connectivity index (χ1) is 16.1. The van der Waals surface area contributed by atoms with E-state index in [9.17, 15) is 87.8 Å². The maximum atomic E-state index is 13.4. The van der Waals surface area contributed by atoms with Crippen molar-refractivity contribution in [3.8, 4) is 0 Å². The molecule has 0 rings (SSSR count). The summed E-state index contributed by atoms with van der Waals surface area (Å²) < 4.78 is 257. The topological polar surface area (TPSA) is 12.0 Å². The van der Waals surface area contributed by atoms with Crippen LogP contribution >= 0.6 is 0 Å². The van der Waals surface area contributed by atoms with Gasteiger partial charge in [0.1, 0.15) is 0 Å². The van der Waals surface area contributed by atoms with Crippen LogP contribution in [-0.2, 0) is 0 Å². The molecule has 0 aromatic rings. The molecule has 0 fully saturated rings. The Bertz CT molecular complexity index is 670. The molecule has 0 aliphatic heterocycles. The van der Waals surface area contributed by atoms with Crippen LogP contribution in [0.5, 0.6) is 0 Å². The third kappa shape index (κ3) is 6.25. The van der Waals surface area contributed by atoms with Crippen molar-refractivity contribution >= 4 is 0 Å². The Balaban J connectivity index is 5.00. The molecule has 21 heteroatoms. The standard InChI is InChI=1S/C16H15F20N/c17-7(18)11(25,26)15(33,34)13(29,30)9(21,22)3-1-5-37-6-2-4-10(23,24)14(31,32)16(35,36)12(27,28)8(19)20/h7-8,37H,1-6H2. The molecule has 0 unspecified atom stereocenters. The molecule has 1 nitrogen and oxygen atoms in total. The monoisotopic (exact) mass is 601 g/mol. The smallest absolute Gasteiger partial charge is 0.317 e. The summed E-state index contributed by atoms with van der Waals surface area (Å²) in [5.41, 5.74) is 0. The molecule has 1 N–H and O–H groups in total. The summed E-state index contributed by atoms with van der Waals surface area (Å²) >= 11 is 0. The van der Waals surface area contributed by atoms with Crippen molar-refractivity contribution < 1.29 is 87.8 Å². The molecular formula is C16H15F20N. The Kier molecular flexibility index (Phi) is 10.5. The average Bonchev–Trinajstić information content (AvgIpc) is 2.71. The van der Waals surface area contributed by atoms with Crippen molar-refractivity contribution in [2.24, 2.45) is 0 Å². The van der Waals surface area contributed by atoms with Crippen LogP contribution < -0.4 is 5.32 Å². The van der Waals surface area contributed by atoms with Crippen molar-refractivity contribution in [1.29, 1.82) is 0 Å². The lowest BCUT2D eigenvalue weighted by molar-refractivity contribution is -0.384. The number of hydrogen-bond acceptors (Lipinski definition) is 1. The fourth-order valence-corrected chi connectivity index (χ4v) is 2.46. The molecule has 0 aliphatic carbocycles. The molecule has 0 aromatic heterocycles. The van der Waals surface area contributed by atoms with Gasteiger partial charge in [0.2, 0.25) is 0 Å². The van der Waals surface area contributed by atoms with E-state index < -0.39 is 99.0 Å². The van der Waals surface area contributed by atoms with Gasteiger partial charge < -0.3 is 5.32 Å². The Labute approximate surface area is 193 Å². The summed E-state index contributed by atoms with van der Waals surface area (Å²) in [4.78, 5) is 0. The second-order valence-corrected chi connectivity index (χ2v) is 7.51. The molecule has 0 spiro atoms. The van der Waals surface area contributed by atoms with Crippen molar-refractivity contribution in [2.45, 2.75) is 85.9 Å². The lowest BCUT2D eigenvalue weighted by Crippen LogP contribution is -2.64. The van der Waals surface area contributed by atoms with Crippen LogP contribution in [0.2, 0.25) is 0 Å². The second-order valence-electron chi connectivity index (χ2n) is 7.51. The molecule has 0 saturated carbocycles. The molecule has 0 heterocycles. The van der Waals surface area contributed by atoms with E-state index in [1.54, 1.807) is 5.32 Å². The summed E-state index contributed by atoms with van der Waals surface area (Å²) in [5, 5.41) is 1.74. The SMILES string of the molecule is FC(F)C(F)(F)C(F)(F)C(F)(F)C(F)(F)CCCNCCCC(F)(F)C(F)(F)C(F)(F)C(F)(F)C(F)F. The number of halogens is 20. The molecule has 0 radical (unpaired) electrons. The van der Waals surface area contributed by atoms with Crippen LogP contribution in [0.4, 0.5) is 87.8 Å². The van der Waals surface area contributed by atoms with Crippen molar-refractivity contribution in [1.82, 2.24) is 5.32 Å². The number of alkyl halides is 20. The minimum Gasteiger partial charge on any atom is -0.317 e. The fourth-order valence-electron chi connectivity index (χ4n) is 2.46.